The molecule has 1 aliphatic rings. The van der Waals surface area contributed by atoms with E-state index in [1.807, 2.05) is 6.92 Å². The van der Waals surface area contributed by atoms with Crippen molar-refractivity contribution in [2.45, 2.75) is 32.4 Å². The number of rotatable bonds is 4. The van der Waals surface area contributed by atoms with E-state index in [9.17, 15) is 19.5 Å². The Balaban J connectivity index is 1.99. The number of carboxylic acids is 2. The molecule has 3 rings (SSSR count). The number of hydrogen-bond donors (Lipinski definition) is 3. The summed E-state index contributed by atoms with van der Waals surface area (Å²) in [5.41, 5.74) is 2.48. The number of carbonyl (C=O) groups excluding carboxylic acids is 1. The molecule has 0 spiro atoms. The molecule has 2 aromatic carbocycles. The standard InChI is InChI=1S/C20H20N2O5/c1-11-9-17(21-15-6-3-13(4-7-15)19(24)25)16-10-14(20(26)27)5-8-18(16)22(11)12(2)23/h3-8,10-11,17,21H,9H2,1-2H3,(H,24,25)(H,26,27)/t11-,17+/m0/s1. The van der Waals surface area contributed by atoms with Crippen molar-refractivity contribution in [2.24, 2.45) is 0 Å². The van der Waals surface area contributed by atoms with Crippen LogP contribution in [0.4, 0.5) is 11.4 Å². The van der Waals surface area contributed by atoms with E-state index >= 15 is 0 Å². The molecule has 0 saturated heterocycles. The van der Waals surface area contributed by atoms with Crippen LogP contribution in [0.2, 0.25) is 0 Å². The zero-order chi connectivity index (χ0) is 19.7. The molecule has 0 unspecified atom stereocenters. The molecule has 0 saturated carbocycles. The largest absolute Gasteiger partial charge is 0.478 e. The van der Waals surface area contributed by atoms with E-state index in [0.717, 1.165) is 11.3 Å². The number of nitrogens with one attached hydrogen (secondary N) is 1. The molecule has 0 aromatic heterocycles. The van der Waals surface area contributed by atoms with Gasteiger partial charge in [0.25, 0.3) is 0 Å². The Hall–Kier alpha value is -3.35. The van der Waals surface area contributed by atoms with Gasteiger partial charge in [-0.25, -0.2) is 9.59 Å². The van der Waals surface area contributed by atoms with Crippen LogP contribution in [-0.2, 0) is 4.79 Å². The molecular formula is C20H20N2O5. The van der Waals surface area contributed by atoms with Gasteiger partial charge in [-0.1, -0.05) is 0 Å². The second-order valence-electron chi connectivity index (χ2n) is 6.63. The van der Waals surface area contributed by atoms with Gasteiger partial charge in [0, 0.05) is 24.3 Å². The first-order valence-corrected chi connectivity index (χ1v) is 8.55. The molecule has 27 heavy (non-hydrogen) atoms. The molecule has 1 amide bonds. The Morgan fingerprint density at radius 3 is 2.15 bits per heavy atom. The van der Waals surface area contributed by atoms with E-state index in [1.54, 1.807) is 29.2 Å². The van der Waals surface area contributed by atoms with Crippen molar-refractivity contribution in [3.63, 3.8) is 0 Å². The summed E-state index contributed by atoms with van der Waals surface area (Å²) in [6.07, 6.45) is 0.594. The molecule has 1 aliphatic heterocycles. The smallest absolute Gasteiger partial charge is 0.335 e. The monoisotopic (exact) mass is 368 g/mol. The minimum Gasteiger partial charge on any atom is -0.478 e. The van der Waals surface area contributed by atoms with Crippen molar-refractivity contribution in [3.8, 4) is 0 Å². The predicted molar refractivity (Wildman–Crippen MR) is 100 cm³/mol. The van der Waals surface area contributed by atoms with Gasteiger partial charge in [0.05, 0.1) is 17.2 Å². The van der Waals surface area contributed by atoms with Gasteiger partial charge < -0.3 is 20.4 Å². The van der Waals surface area contributed by atoms with Crippen LogP contribution in [0.15, 0.2) is 42.5 Å². The minimum atomic E-state index is -1.03. The Morgan fingerprint density at radius 1 is 1.00 bits per heavy atom. The number of carboxylic acid groups (broad SMARTS) is 2. The van der Waals surface area contributed by atoms with Crippen molar-refractivity contribution >= 4 is 29.2 Å². The highest BCUT2D eigenvalue weighted by Crippen LogP contribution is 2.39. The van der Waals surface area contributed by atoms with Crippen molar-refractivity contribution < 1.29 is 24.6 Å². The second-order valence-corrected chi connectivity index (χ2v) is 6.63. The maximum Gasteiger partial charge on any atom is 0.335 e. The Labute approximate surface area is 156 Å². The first-order chi connectivity index (χ1) is 12.8. The minimum absolute atomic E-state index is 0.0681. The van der Waals surface area contributed by atoms with Crippen LogP contribution in [0, 0.1) is 0 Å². The number of carbonyl (C=O) groups is 3. The van der Waals surface area contributed by atoms with Crippen LogP contribution in [-0.4, -0.2) is 34.1 Å². The lowest BCUT2D eigenvalue weighted by Gasteiger charge is -2.39. The van der Waals surface area contributed by atoms with E-state index in [2.05, 4.69) is 5.32 Å². The molecule has 0 bridgehead atoms. The fourth-order valence-electron chi connectivity index (χ4n) is 3.52. The van der Waals surface area contributed by atoms with Crippen LogP contribution in [0.3, 0.4) is 0 Å². The summed E-state index contributed by atoms with van der Waals surface area (Å²) in [7, 11) is 0. The number of benzene rings is 2. The summed E-state index contributed by atoms with van der Waals surface area (Å²) in [6, 6.07) is 10.8. The highest BCUT2D eigenvalue weighted by molar-refractivity contribution is 5.95. The lowest BCUT2D eigenvalue weighted by molar-refractivity contribution is -0.117. The summed E-state index contributed by atoms with van der Waals surface area (Å²) < 4.78 is 0. The number of hydrogen-bond acceptors (Lipinski definition) is 4. The first kappa shape index (κ1) is 18.4. The second kappa shape index (κ2) is 7.11. The fraction of sp³-hybridized carbons (Fsp3) is 0.250. The van der Waals surface area contributed by atoms with Gasteiger partial charge in [-0.3, -0.25) is 4.79 Å². The van der Waals surface area contributed by atoms with Crippen molar-refractivity contribution in [1.82, 2.24) is 0 Å². The molecule has 1 heterocycles. The molecular weight excluding hydrogens is 348 g/mol. The molecule has 2 atom stereocenters. The van der Waals surface area contributed by atoms with Gasteiger partial charge in [-0.2, -0.15) is 0 Å². The summed E-state index contributed by atoms with van der Waals surface area (Å²) in [6.45, 7) is 3.43. The number of amides is 1. The maximum atomic E-state index is 12.1. The lowest BCUT2D eigenvalue weighted by atomic mass is 9.90. The predicted octanol–water partition coefficient (Wildman–Crippen LogP) is 3.38. The normalized spacial score (nSPS) is 18.5. The van der Waals surface area contributed by atoms with Gasteiger partial charge in [-0.15, -0.1) is 0 Å². The molecule has 0 aliphatic carbocycles. The number of nitrogens with zero attached hydrogens (tertiary/aromatic N) is 1. The van der Waals surface area contributed by atoms with Crippen LogP contribution < -0.4 is 10.2 Å². The molecule has 0 fully saturated rings. The van der Waals surface area contributed by atoms with E-state index < -0.39 is 11.9 Å². The topological polar surface area (TPSA) is 107 Å². The maximum absolute atomic E-state index is 12.1. The van der Waals surface area contributed by atoms with E-state index in [0.29, 0.717) is 12.1 Å². The molecule has 0 radical (unpaired) electrons. The third-order valence-electron chi connectivity index (χ3n) is 4.74. The summed E-state index contributed by atoms with van der Waals surface area (Å²) in [5, 5.41) is 21.7. The summed E-state index contributed by atoms with van der Waals surface area (Å²) in [5.74, 6) is -2.13. The van der Waals surface area contributed by atoms with Crippen LogP contribution in [0.5, 0.6) is 0 Å². The van der Waals surface area contributed by atoms with E-state index in [4.69, 9.17) is 5.11 Å². The third-order valence-corrected chi connectivity index (χ3v) is 4.74. The average molecular weight is 368 g/mol. The average Bonchev–Trinajstić information content (AvgIpc) is 2.61. The van der Waals surface area contributed by atoms with Crippen molar-refractivity contribution in [2.75, 3.05) is 10.2 Å². The fourth-order valence-corrected chi connectivity index (χ4v) is 3.52. The van der Waals surface area contributed by atoms with Crippen molar-refractivity contribution in [1.29, 1.82) is 0 Å². The quantitative estimate of drug-likeness (QED) is 0.764. The zero-order valence-electron chi connectivity index (χ0n) is 15.0. The highest BCUT2D eigenvalue weighted by Gasteiger charge is 2.33. The number of anilines is 2. The Kier molecular flexibility index (Phi) is 4.85. The lowest BCUT2D eigenvalue weighted by Crippen LogP contribution is -2.43. The van der Waals surface area contributed by atoms with Gasteiger partial charge in [0.2, 0.25) is 5.91 Å². The van der Waals surface area contributed by atoms with E-state index in [-0.39, 0.29) is 29.1 Å². The van der Waals surface area contributed by atoms with Crippen LogP contribution >= 0.6 is 0 Å². The number of aromatic carboxylic acids is 2. The molecule has 7 heteroatoms. The Morgan fingerprint density at radius 2 is 1.59 bits per heavy atom. The first-order valence-electron chi connectivity index (χ1n) is 8.55. The van der Waals surface area contributed by atoms with Crippen LogP contribution in [0.25, 0.3) is 0 Å². The van der Waals surface area contributed by atoms with Crippen LogP contribution in [0.1, 0.15) is 52.6 Å². The summed E-state index contributed by atoms with van der Waals surface area (Å²) in [4.78, 5) is 36.1. The number of fused-ring (bicyclic) bond motifs is 1. The highest BCUT2D eigenvalue weighted by atomic mass is 16.4. The molecule has 7 nitrogen and oxygen atoms in total. The molecule has 3 N–H and O–H groups in total. The van der Waals surface area contributed by atoms with Gasteiger partial charge >= 0.3 is 11.9 Å². The van der Waals surface area contributed by atoms with Gasteiger partial charge in [0.15, 0.2) is 0 Å². The molecule has 140 valence electrons. The Bertz CT molecular complexity index is 907. The van der Waals surface area contributed by atoms with Crippen molar-refractivity contribution in [3.05, 3.63) is 59.2 Å². The van der Waals surface area contributed by atoms with Gasteiger partial charge in [0.1, 0.15) is 0 Å². The summed E-state index contributed by atoms with van der Waals surface area (Å²) >= 11 is 0. The molecule has 2 aromatic rings. The SMILES string of the molecule is CC(=O)N1c2ccc(C(=O)O)cc2[C@H](Nc2ccc(C(=O)O)cc2)C[C@@H]1C. The van der Waals surface area contributed by atoms with E-state index in [1.165, 1.54) is 25.1 Å². The van der Waals surface area contributed by atoms with Gasteiger partial charge in [-0.05, 0) is 61.4 Å². The zero-order valence-corrected chi connectivity index (χ0v) is 15.0. The third kappa shape index (κ3) is 3.62.